The zero-order valence-corrected chi connectivity index (χ0v) is 16.4. The van der Waals surface area contributed by atoms with Crippen LogP contribution < -0.4 is 10.2 Å². The molecule has 4 rings (SSSR count). The number of anilines is 2. The van der Waals surface area contributed by atoms with Gasteiger partial charge in [-0.2, -0.15) is 0 Å². The molecule has 1 aromatic heterocycles. The summed E-state index contributed by atoms with van der Waals surface area (Å²) >= 11 is 5.80. The van der Waals surface area contributed by atoms with Crippen LogP contribution in [0.4, 0.5) is 15.9 Å². The van der Waals surface area contributed by atoms with Crippen LogP contribution in [0.5, 0.6) is 0 Å². The van der Waals surface area contributed by atoms with Gasteiger partial charge in [0, 0.05) is 30.5 Å². The second-order valence-corrected chi connectivity index (χ2v) is 7.41. The molecule has 1 atom stereocenters. The molecule has 1 amide bonds. The summed E-state index contributed by atoms with van der Waals surface area (Å²) < 4.78 is 13.3. The van der Waals surface area contributed by atoms with E-state index in [1.54, 1.807) is 6.20 Å². The quantitative estimate of drug-likeness (QED) is 0.671. The third kappa shape index (κ3) is 4.54. The first kappa shape index (κ1) is 19.3. The van der Waals surface area contributed by atoms with E-state index >= 15 is 0 Å². The molecule has 5 nitrogen and oxygen atoms in total. The first-order valence-corrected chi connectivity index (χ1v) is 9.87. The van der Waals surface area contributed by atoms with Crippen molar-refractivity contribution < 1.29 is 9.18 Å². The maximum atomic E-state index is 13.3. The Labute approximate surface area is 173 Å². The monoisotopic (exact) mass is 410 g/mol. The summed E-state index contributed by atoms with van der Waals surface area (Å²) in [5.41, 5.74) is 1.45. The van der Waals surface area contributed by atoms with E-state index in [9.17, 15) is 9.18 Å². The number of nitrogens with one attached hydrogen (secondary N) is 1. The van der Waals surface area contributed by atoms with Gasteiger partial charge in [0.15, 0.2) is 5.82 Å². The SMILES string of the molecule is O=C(Nc1ccc(F)c(Cl)c1)C1CCCN(c2ccnc(-c3ccccc3)n2)C1. The van der Waals surface area contributed by atoms with Gasteiger partial charge in [-0.1, -0.05) is 41.9 Å². The Morgan fingerprint density at radius 1 is 1.17 bits per heavy atom. The fourth-order valence-corrected chi connectivity index (χ4v) is 3.65. The highest BCUT2D eigenvalue weighted by Crippen LogP contribution is 2.25. The number of rotatable bonds is 4. The second-order valence-electron chi connectivity index (χ2n) is 7.01. The van der Waals surface area contributed by atoms with Crippen LogP contribution in [0.25, 0.3) is 11.4 Å². The standard InChI is InChI=1S/C22H20ClFN4O/c23-18-13-17(8-9-19(18)24)26-22(29)16-7-4-12-28(14-16)20-10-11-25-21(27-20)15-5-2-1-3-6-15/h1-3,5-6,8-11,13,16H,4,7,12,14H2,(H,26,29). The number of hydrogen-bond acceptors (Lipinski definition) is 4. The number of benzene rings is 2. The minimum absolute atomic E-state index is 0.0116. The maximum absolute atomic E-state index is 13.3. The zero-order chi connectivity index (χ0) is 20.2. The van der Waals surface area contributed by atoms with Crippen LogP contribution in [0.3, 0.4) is 0 Å². The highest BCUT2D eigenvalue weighted by Gasteiger charge is 2.27. The Morgan fingerprint density at radius 3 is 2.79 bits per heavy atom. The lowest BCUT2D eigenvalue weighted by Crippen LogP contribution is -2.41. The molecule has 3 aromatic rings. The Morgan fingerprint density at radius 2 is 2.00 bits per heavy atom. The van der Waals surface area contributed by atoms with E-state index in [1.165, 1.54) is 18.2 Å². The van der Waals surface area contributed by atoms with Crippen molar-refractivity contribution in [3.8, 4) is 11.4 Å². The van der Waals surface area contributed by atoms with E-state index < -0.39 is 5.82 Å². The maximum Gasteiger partial charge on any atom is 0.229 e. The molecule has 0 spiro atoms. The number of carbonyl (C=O) groups excluding carboxylic acids is 1. The molecule has 1 N–H and O–H groups in total. The predicted octanol–water partition coefficient (Wildman–Crippen LogP) is 4.79. The topological polar surface area (TPSA) is 58.1 Å². The molecule has 148 valence electrons. The van der Waals surface area contributed by atoms with Crippen molar-refractivity contribution in [2.45, 2.75) is 12.8 Å². The van der Waals surface area contributed by atoms with Gasteiger partial charge in [0.2, 0.25) is 5.91 Å². The van der Waals surface area contributed by atoms with E-state index in [-0.39, 0.29) is 16.8 Å². The smallest absolute Gasteiger partial charge is 0.229 e. The highest BCUT2D eigenvalue weighted by atomic mass is 35.5. The molecule has 1 unspecified atom stereocenters. The van der Waals surface area contributed by atoms with Gasteiger partial charge >= 0.3 is 0 Å². The minimum atomic E-state index is -0.508. The fourth-order valence-electron chi connectivity index (χ4n) is 3.47. The molecule has 1 aliphatic rings. The molecule has 29 heavy (non-hydrogen) atoms. The Bertz CT molecular complexity index is 1010. The molecule has 7 heteroatoms. The molecule has 0 saturated carbocycles. The van der Waals surface area contributed by atoms with Crippen molar-refractivity contribution in [2.75, 3.05) is 23.3 Å². The number of halogens is 2. The molecular formula is C22H20ClFN4O. The first-order chi connectivity index (χ1) is 14.1. The van der Waals surface area contributed by atoms with Crippen LogP contribution in [-0.2, 0) is 4.79 Å². The van der Waals surface area contributed by atoms with E-state index in [0.717, 1.165) is 30.8 Å². The van der Waals surface area contributed by atoms with Crippen LogP contribution in [0, 0.1) is 11.7 Å². The Hall–Kier alpha value is -2.99. The minimum Gasteiger partial charge on any atom is -0.356 e. The van der Waals surface area contributed by atoms with Crippen molar-refractivity contribution in [3.05, 3.63) is 71.6 Å². The molecule has 1 fully saturated rings. The molecule has 0 radical (unpaired) electrons. The molecule has 2 aromatic carbocycles. The third-order valence-corrected chi connectivity index (χ3v) is 5.27. The summed E-state index contributed by atoms with van der Waals surface area (Å²) in [6.07, 6.45) is 3.41. The van der Waals surface area contributed by atoms with Gasteiger partial charge in [-0.3, -0.25) is 4.79 Å². The Balaban J connectivity index is 1.47. The first-order valence-electron chi connectivity index (χ1n) is 9.49. The number of aromatic nitrogens is 2. The highest BCUT2D eigenvalue weighted by molar-refractivity contribution is 6.31. The van der Waals surface area contributed by atoms with Crippen molar-refractivity contribution in [3.63, 3.8) is 0 Å². The largest absolute Gasteiger partial charge is 0.356 e. The van der Waals surface area contributed by atoms with E-state index in [2.05, 4.69) is 20.2 Å². The van der Waals surface area contributed by atoms with Crippen LogP contribution in [0.2, 0.25) is 5.02 Å². The molecule has 2 heterocycles. The van der Waals surface area contributed by atoms with Gasteiger partial charge in [0.1, 0.15) is 11.6 Å². The van der Waals surface area contributed by atoms with Crippen LogP contribution in [0.1, 0.15) is 12.8 Å². The summed E-state index contributed by atoms with van der Waals surface area (Å²) in [7, 11) is 0. The lowest BCUT2D eigenvalue weighted by Gasteiger charge is -2.33. The third-order valence-electron chi connectivity index (χ3n) is 4.98. The normalized spacial score (nSPS) is 16.5. The summed E-state index contributed by atoms with van der Waals surface area (Å²) in [5.74, 6) is 0.667. The number of piperidine rings is 1. The van der Waals surface area contributed by atoms with Crippen LogP contribution >= 0.6 is 11.6 Å². The van der Waals surface area contributed by atoms with Crippen LogP contribution in [0.15, 0.2) is 60.8 Å². The summed E-state index contributed by atoms with van der Waals surface area (Å²) in [6.45, 7) is 1.39. The summed E-state index contributed by atoms with van der Waals surface area (Å²) in [5, 5.41) is 2.83. The number of amides is 1. The van der Waals surface area contributed by atoms with Crippen molar-refractivity contribution in [1.82, 2.24) is 9.97 Å². The van der Waals surface area contributed by atoms with E-state index in [4.69, 9.17) is 11.6 Å². The fraction of sp³-hybridized carbons (Fsp3) is 0.227. The van der Waals surface area contributed by atoms with Crippen LogP contribution in [-0.4, -0.2) is 29.0 Å². The van der Waals surface area contributed by atoms with Gasteiger partial charge in [-0.05, 0) is 37.1 Å². The molecular weight excluding hydrogens is 391 g/mol. The predicted molar refractivity (Wildman–Crippen MR) is 112 cm³/mol. The average molecular weight is 411 g/mol. The van der Waals surface area contributed by atoms with E-state index in [0.29, 0.717) is 18.1 Å². The van der Waals surface area contributed by atoms with E-state index in [1.807, 2.05) is 36.4 Å². The number of nitrogens with zero attached hydrogens (tertiary/aromatic N) is 3. The second kappa shape index (κ2) is 8.57. The Kier molecular flexibility index (Phi) is 5.71. The van der Waals surface area contributed by atoms with Gasteiger partial charge < -0.3 is 10.2 Å². The zero-order valence-electron chi connectivity index (χ0n) is 15.7. The summed E-state index contributed by atoms with van der Waals surface area (Å²) in [6, 6.07) is 15.8. The average Bonchev–Trinajstić information content (AvgIpc) is 2.77. The van der Waals surface area contributed by atoms with Gasteiger partial charge in [0.25, 0.3) is 0 Å². The lowest BCUT2D eigenvalue weighted by molar-refractivity contribution is -0.120. The lowest BCUT2D eigenvalue weighted by atomic mass is 9.97. The molecule has 0 bridgehead atoms. The van der Waals surface area contributed by atoms with Crippen molar-refractivity contribution >= 4 is 29.0 Å². The number of carbonyl (C=O) groups is 1. The molecule has 1 saturated heterocycles. The molecule has 1 aliphatic heterocycles. The number of hydrogen-bond donors (Lipinski definition) is 1. The van der Waals surface area contributed by atoms with Gasteiger partial charge in [-0.25, -0.2) is 14.4 Å². The van der Waals surface area contributed by atoms with Crippen molar-refractivity contribution in [2.24, 2.45) is 5.92 Å². The van der Waals surface area contributed by atoms with Gasteiger partial charge in [0.05, 0.1) is 10.9 Å². The van der Waals surface area contributed by atoms with Crippen molar-refractivity contribution in [1.29, 1.82) is 0 Å². The van der Waals surface area contributed by atoms with Gasteiger partial charge in [-0.15, -0.1) is 0 Å². The molecule has 0 aliphatic carbocycles. The summed E-state index contributed by atoms with van der Waals surface area (Å²) in [4.78, 5) is 23.9.